The highest BCUT2D eigenvalue weighted by molar-refractivity contribution is 6.24. The van der Waals surface area contributed by atoms with Crippen molar-refractivity contribution in [3.63, 3.8) is 0 Å². The molecule has 1 aliphatic carbocycles. The fraction of sp³-hybridized carbons (Fsp3) is 0.857. The molecule has 0 bridgehead atoms. The van der Waals surface area contributed by atoms with Crippen molar-refractivity contribution in [2.75, 3.05) is 0 Å². The minimum atomic E-state index is -1.69. The highest BCUT2D eigenvalue weighted by Crippen LogP contribution is 2.53. The number of aliphatic hydroxyl groups is 1. The van der Waals surface area contributed by atoms with Gasteiger partial charge in [-0.2, -0.15) is 0 Å². The summed E-state index contributed by atoms with van der Waals surface area (Å²) >= 11 is 5.26. The van der Waals surface area contributed by atoms with Crippen molar-refractivity contribution in [3.8, 4) is 0 Å². The molecule has 0 aromatic heterocycles. The third-order valence-corrected chi connectivity index (χ3v) is 2.39. The Balaban J connectivity index is 2.20. The summed E-state index contributed by atoms with van der Waals surface area (Å²) in [7, 11) is 0. The molecule has 0 radical (unpaired) electrons. The summed E-state index contributed by atoms with van der Waals surface area (Å²) in [5.41, 5.74) is 0. The second-order valence-corrected chi connectivity index (χ2v) is 3.78. The van der Waals surface area contributed by atoms with Crippen LogP contribution in [-0.4, -0.2) is 27.4 Å². The third kappa shape index (κ3) is 2.60. The van der Waals surface area contributed by atoms with E-state index in [-0.39, 0.29) is 25.2 Å². The monoisotopic (exact) mass is 196 g/mol. The van der Waals surface area contributed by atoms with Crippen LogP contribution in [0.25, 0.3) is 0 Å². The predicted octanol–water partition coefficient (Wildman–Crippen LogP) is 1.14. The minimum absolute atomic E-state index is 0.131. The molecule has 0 saturated heterocycles. The van der Waals surface area contributed by atoms with E-state index < -0.39 is 17.2 Å². The van der Waals surface area contributed by atoms with Crippen molar-refractivity contribution in [2.24, 2.45) is 5.92 Å². The average Bonchev–Trinajstić information content (AvgIpc) is 2.35. The number of aliphatic hydroxyl groups excluding tert-OH is 1. The fourth-order valence-electron chi connectivity index (χ4n) is 1.14. The van der Waals surface area contributed by atoms with Gasteiger partial charge in [-0.1, -0.05) is 11.6 Å². The van der Waals surface area contributed by atoms with Gasteiger partial charge >= 0.3 is 5.97 Å². The average molecular weight is 197 g/mol. The first-order chi connectivity index (χ1) is 5.42. The normalized spacial score (nSPS) is 36.1. The number of halogens is 2. The van der Waals surface area contributed by atoms with Gasteiger partial charge in [0.2, 0.25) is 0 Å². The summed E-state index contributed by atoms with van der Waals surface area (Å²) in [5.74, 6) is -1.46. The SMILES string of the molecule is O=C(O)CC(O)CC1CC1(F)Cl. The molecule has 0 aromatic carbocycles. The molecular formula is C7H10ClFO3. The van der Waals surface area contributed by atoms with Gasteiger partial charge in [0, 0.05) is 12.3 Å². The number of aliphatic carboxylic acids is 1. The van der Waals surface area contributed by atoms with Crippen molar-refractivity contribution in [2.45, 2.75) is 30.5 Å². The van der Waals surface area contributed by atoms with E-state index in [2.05, 4.69) is 0 Å². The Hall–Kier alpha value is -0.350. The Morgan fingerprint density at radius 1 is 1.83 bits per heavy atom. The highest BCUT2D eigenvalue weighted by atomic mass is 35.5. The summed E-state index contributed by atoms with van der Waals surface area (Å²) in [6.07, 6.45) is -0.982. The summed E-state index contributed by atoms with van der Waals surface area (Å²) in [6, 6.07) is 0. The first kappa shape index (κ1) is 9.74. The van der Waals surface area contributed by atoms with Crippen LogP contribution in [0, 0.1) is 5.92 Å². The molecule has 0 heterocycles. The van der Waals surface area contributed by atoms with Crippen molar-refractivity contribution >= 4 is 17.6 Å². The predicted molar refractivity (Wildman–Crippen MR) is 40.7 cm³/mol. The van der Waals surface area contributed by atoms with E-state index in [0.717, 1.165) is 0 Å². The molecule has 3 nitrogen and oxygen atoms in total. The lowest BCUT2D eigenvalue weighted by Gasteiger charge is -2.06. The Morgan fingerprint density at radius 3 is 2.67 bits per heavy atom. The number of alkyl halides is 2. The Morgan fingerprint density at radius 2 is 2.33 bits per heavy atom. The molecule has 0 aromatic rings. The molecular weight excluding hydrogens is 187 g/mol. The summed E-state index contributed by atoms with van der Waals surface area (Å²) < 4.78 is 12.7. The van der Waals surface area contributed by atoms with Gasteiger partial charge in [-0.25, -0.2) is 4.39 Å². The van der Waals surface area contributed by atoms with Crippen LogP contribution in [0.5, 0.6) is 0 Å². The van der Waals surface area contributed by atoms with E-state index in [1.54, 1.807) is 0 Å². The van der Waals surface area contributed by atoms with Gasteiger partial charge in [0.05, 0.1) is 12.5 Å². The fourth-order valence-corrected chi connectivity index (χ4v) is 1.41. The van der Waals surface area contributed by atoms with Crippen LogP contribution in [0.2, 0.25) is 0 Å². The maximum Gasteiger partial charge on any atom is 0.305 e. The van der Waals surface area contributed by atoms with Gasteiger partial charge in [0.25, 0.3) is 0 Å². The molecule has 0 spiro atoms. The largest absolute Gasteiger partial charge is 0.481 e. The molecule has 0 aliphatic heterocycles. The Labute approximate surface area is 74.1 Å². The van der Waals surface area contributed by atoms with Crippen molar-refractivity contribution in [1.82, 2.24) is 0 Å². The van der Waals surface area contributed by atoms with Gasteiger partial charge in [0.15, 0.2) is 5.13 Å². The quantitative estimate of drug-likeness (QED) is 0.663. The van der Waals surface area contributed by atoms with E-state index >= 15 is 0 Å². The molecule has 1 rings (SSSR count). The second kappa shape index (κ2) is 3.18. The molecule has 70 valence electrons. The molecule has 1 aliphatic rings. The molecule has 12 heavy (non-hydrogen) atoms. The van der Waals surface area contributed by atoms with Crippen molar-refractivity contribution in [1.29, 1.82) is 0 Å². The maximum absolute atomic E-state index is 12.7. The lowest BCUT2D eigenvalue weighted by Crippen LogP contribution is -2.14. The van der Waals surface area contributed by atoms with Crippen molar-refractivity contribution in [3.05, 3.63) is 0 Å². The van der Waals surface area contributed by atoms with Crippen molar-refractivity contribution < 1.29 is 19.4 Å². The Bertz CT molecular complexity index is 195. The number of hydrogen-bond acceptors (Lipinski definition) is 2. The van der Waals surface area contributed by atoms with E-state index in [9.17, 15) is 9.18 Å². The Kier molecular flexibility index (Phi) is 2.58. The summed E-state index contributed by atoms with van der Waals surface area (Å²) in [4.78, 5) is 10.1. The van der Waals surface area contributed by atoms with Gasteiger partial charge in [-0.3, -0.25) is 4.79 Å². The summed E-state index contributed by atoms with van der Waals surface area (Å²) in [6.45, 7) is 0. The topological polar surface area (TPSA) is 57.5 Å². The number of carbonyl (C=O) groups is 1. The molecule has 3 unspecified atom stereocenters. The molecule has 1 saturated carbocycles. The molecule has 3 atom stereocenters. The van der Waals surface area contributed by atoms with Gasteiger partial charge < -0.3 is 10.2 Å². The van der Waals surface area contributed by atoms with E-state index in [1.807, 2.05) is 0 Å². The first-order valence-electron chi connectivity index (χ1n) is 3.69. The highest BCUT2D eigenvalue weighted by Gasteiger charge is 2.54. The number of hydrogen-bond donors (Lipinski definition) is 2. The van der Waals surface area contributed by atoms with Gasteiger partial charge in [-0.15, -0.1) is 0 Å². The van der Waals surface area contributed by atoms with Crippen LogP contribution >= 0.6 is 11.6 Å². The van der Waals surface area contributed by atoms with Crippen LogP contribution in [0.3, 0.4) is 0 Å². The van der Waals surface area contributed by atoms with Gasteiger partial charge in [-0.05, 0) is 6.42 Å². The third-order valence-electron chi connectivity index (χ3n) is 1.92. The maximum atomic E-state index is 12.7. The smallest absolute Gasteiger partial charge is 0.305 e. The van der Waals surface area contributed by atoms with Crippen LogP contribution < -0.4 is 0 Å². The lowest BCUT2D eigenvalue weighted by atomic mass is 10.1. The van der Waals surface area contributed by atoms with Gasteiger partial charge in [0.1, 0.15) is 0 Å². The number of carboxylic acids is 1. The van der Waals surface area contributed by atoms with E-state index in [0.29, 0.717) is 0 Å². The molecule has 2 N–H and O–H groups in total. The van der Waals surface area contributed by atoms with Crippen LogP contribution in [-0.2, 0) is 4.79 Å². The molecule has 5 heteroatoms. The standard InChI is InChI=1S/C7H10ClFO3/c8-7(9)3-4(7)1-5(10)2-6(11)12/h4-5,10H,1-3H2,(H,11,12). The number of rotatable bonds is 4. The lowest BCUT2D eigenvalue weighted by molar-refractivity contribution is -0.139. The van der Waals surface area contributed by atoms with Crippen LogP contribution in [0.15, 0.2) is 0 Å². The summed E-state index contributed by atoms with van der Waals surface area (Å²) in [5, 5.41) is 15.6. The van der Waals surface area contributed by atoms with E-state index in [1.165, 1.54) is 0 Å². The zero-order chi connectivity index (χ0) is 9.35. The van der Waals surface area contributed by atoms with Crippen LogP contribution in [0.1, 0.15) is 19.3 Å². The second-order valence-electron chi connectivity index (χ2n) is 3.15. The van der Waals surface area contributed by atoms with E-state index in [4.69, 9.17) is 21.8 Å². The van der Waals surface area contributed by atoms with Crippen LogP contribution in [0.4, 0.5) is 4.39 Å². The number of carboxylic acid groups (broad SMARTS) is 1. The molecule has 0 amide bonds. The minimum Gasteiger partial charge on any atom is -0.481 e. The zero-order valence-electron chi connectivity index (χ0n) is 6.33. The first-order valence-corrected chi connectivity index (χ1v) is 4.07. The molecule has 1 fully saturated rings. The zero-order valence-corrected chi connectivity index (χ0v) is 7.09.